The van der Waals surface area contributed by atoms with E-state index in [1.807, 2.05) is 6.92 Å². The largest absolute Gasteiger partial charge is 0.353 e. The summed E-state index contributed by atoms with van der Waals surface area (Å²) in [5.41, 5.74) is -0.230. The molecule has 64 valence electrons. The molecule has 11 heavy (non-hydrogen) atoms. The lowest BCUT2D eigenvalue weighted by atomic mass is 9.67. The normalized spacial score (nSPS) is 25.7. The minimum absolute atomic E-state index is 0.230. The Labute approximate surface area is 66.7 Å². The molecule has 0 aromatic carbocycles. The van der Waals surface area contributed by atoms with E-state index < -0.39 is 5.79 Å². The first-order chi connectivity index (χ1) is 5.10. The lowest BCUT2D eigenvalue weighted by molar-refractivity contribution is -0.284. The Bertz CT molecular complexity index is 153. The third kappa shape index (κ3) is 1.30. The summed E-state index contributed by atoms with van der Waals surface area (Å²) in [5.74, 6) is -0.490. The molecule has 1 fully saturated rings. The summed E-state index contributed by atoms with van der Waals surface area (Å²) in [7, 11) is 3.21. The molecule has 1 rings (SSSR count). The van der Waals surface area contributed by atoms with Gasteiger partial charge in [0.05, 0.1) is 0 Å². The molecular formula is C8H14O3. The zero-order chi connectivity index (χ0) is 8.54. The number of hydrogen-bond acceptors (Lipinski definition) is 3. The predicted molar refractivity (Wildman–Crippen MR) is 40.2 cm³/mol. The molecule has 0 aliphatic heterocycles. The van der Waals surface area contributed by atoms with Gasteiger partial charge in [-0.2, -0.15) is 0 Å². The Morgan fingerprint density at radius 1 is 1.27 bits per heavy atom. The molecule has 0 aromatic heterocycles. The van der Waals surface area contributed by atoms with Crippen LogP contribution in [0.5, 0.6) is 0 Å². The molecule has 0 unspecified atom stereocenters. The molecular weight excluding hydrogens is 144 g/mol. The van der Waals surface area contributed by atoms with Gasteiger partial charge in [0, 0.05) is 32.5 Å². The average molecular weight is 158 g/mol. The quantitative estimate of drug-likeness (QED) is 0.453. The second-order valence-corrected chi connectivity index (χ2v) is 3.44. The number of ether oxygens (including phenoxy) is 2. The Hall–Kier alpha value is -0.410. The van der Waals surface area contributed by atoms with Crippen LogP contribution in [0.3, 0.4) is 0 Å². The van der Waals surface area contributed by atoms with Gasteiger partial charge in [-0.25, -0.2) is 0 Å². The van der Waals surface area contributed by atoms with E-state index in [-0.39, 0.29) is 5.41 Å². The van der Waals surface area contributed by atoms with Crippen molar-refractivity contribution in [2.24, 2.45) is 5.41 Å². The molecule has 0 saturated heterocycles. The summed E-state index contributed by atoms with van der Waals surface area (Å²) < 4.78 is 10.3. The van der Waals surface area contributed by atoms with Crippen LogP contribution in [-0.2, 0) is 14.3 Å². The van der Waals surface area contributed by atoms with Crippen LogP contribution < -0.4 is 0 Å². The first-order valence-corrected chi connectivity index (χ1v) is 3.66. The monoisotopic (exact) mass is 158 g/mol. The van der Waals surface area contributed by atoms with Gasteiger partial charge in [0.15, 0.2) is 5.79 Å². The number of carbonyl (C=O) groups is 1. The fourth-order valence-electron chi connectivity index (χ4n) is 1.63. The first-order valence-electron chi connectivity index (χ1n) is 3.66. The van der Waals surface area contributed by atoms with Gasteiger partial charge in [0.2, 0.25) is 0 Å². The molecule has 3 heteroatoms. The summed E-state index contributed by atoms with van der Waals surface area (Å²) in [6.45, 7) is 1.91. The molecule has 0 bridgehead atoms. The van der Waals surface area contributed by atoms with Crippen molar-refractivity contribution in [3.05, 3.63) is 0 Å². The van der Waals surface area contributed by atoms with Crippen LogP contribution >= 0.6 is 0 Å². The number of hydrogen-bond donors (Lipinski definition) is 0. The Morgan fingerprint density at radius 2 is 1.73 bits per heavy atom. The van der Waals surface area contributed by atoms with Crippen LogP contribution in [0, 0.1) is 5.41 Å². The molecule has 0 aromatic rings. The average Bonchev–Trinajstić information content (AvgIpc) is 1.98. The second-order valence-electron chi connectivity index (χ2n) is 3.44. The third-order valence-corrected chi connectivity index (χ3v) is 2.37. The van der Waals surface area contributed by atoms with E-state index in [1.54, 1.807) is 14.2 Å². The lowest BCUT2D eigenvalue weighted by Gasteiger charge is -2.49. The van der Waals surface area contributed by atoms with E-state index in [9.17, 15) is 4.79 Å². The van der Waals surface area contributed by atoms with Gasteiger partial charge in [0.25, 0.3) is 0 Å². The highest BCUT2D eigenvalue weighted by atomic mass is 16.7. The molecule has 0 spiro atoms. The Kier molecular flexibility index (Phi) is 2.03. The van der Waals surface area contributed by atoms with Gasteiger partial charge >= 0.3 is 0 Å². The van der Waals surface area contributed by atoms with Crippen LogP contribution in [0.25, 0.3) is 0 Å². The van der Waals surface area contributed by atoms with Crippen molar-refractivity contribution in [2.45, 2.75) is 25.6 Å². The number of rotatable bonds is 3. The Morgan fingerprint density at radius 3 is 2.00 bits per heavy atom. The van der Waals surface area contributed by atoms with Crippen molar-refractivity contribution in [1.29, 1.82) is 0 Å². The third-order valence-electron chi connectivity index (χ3n) is 2.37. The SMILES string of the molecule is COC1(OC)CC(C)(C=O)C1. The van der Waals surface area contributed by atoms with Crippen molar-refractivity contribution < 1.29 is 14.3 Å². The van der Waals surface area contributed by atoms with E-state index in [2.05, 4.69) is 0 Å². The lowest BCUT2D eigenvalue weighted by Crippen LogP contribution is -2.53. The highest BCUT2D eigenvalue weighted by Gasteiger charge is 2.53. The summed E-state index contributed by atoms with van der Waals surface area (Å²) in [4.78, 5) is 10.5. The number of methoxy groups -OCH3 is 2. The van der Waals surface area contributed by atoms with E-state index >= 15 is 0 Å². The zero-order valence-corrected chi connectivity index (χ0v) is 7.22. The summed E-state index contributed by atoms with van der Waals surface area (Å²) in [5, 5.41) is 0. The zero-order valence-electron chi connectivity index (χ0n) is 7.22. The number of aldehydes is 1. The van der Waals surface area contributed by atoms with Crippen molar-refractivity contribution in [2.75, 3.05) is 14.2 Å². The maximum atomic E-state index is 10.5. The fourth-order valence-corrected chi connectivity index (χ4v) is 1.63. The van der Waals surface area contributed by atoms with Crippen LogP contribution in [0.1, 0.15) is 19.8 Å². The van der Waals surface area contributed by atoms with Gasteiger partial charge in [-0.3, -0.25) is 0 Å². The summed E-state index contributed by atoms with van der Waals surface area (Å²) in [6, 6.07) is 0. The Balaban J connectivity index is 2.53. The highest BCUT2D eigenvalue weighted by Crippen LogP contribution is 2.48. The molecule has 1 aliphatic carbocycles. The molecule has 3 nitrogen and oxygen atoms in total. The van der Waals surface area contributed by atoms with Crippen molar-refractivity contribution in [3.8, 4) is 0 Å². The van der Waals surface area contributed by atoms with Crippen LogP contribution in [0.4, 0.5) is 0 Å². The van der Waals surface area contributed by atoms with Gasteiger partial charge in [0.1, 0.15) is 6.29 Å². The van der Waals surface area contributed by atoms with E-state index in [0.717, 1.165) is 6.29 Å². The van der Waals surface area contributed by atoms with Crippen molar-refractivity contribution in [3.63, 3.8) is 0 Å². The molecule has 0 atom stereocenters. The topological polar surface area (TPSA) is 35.5 Å². The van der Waals surface area contributed by atoms with Crippen LogP contribution in [-0.4, -0.2) is 26.3 Å². The van der Waals surface area contributed by atoms with Gasteiger partial charge in [-0.1, -0.05) is 6.92 Å². The maximum absolute atomic E-state index is 10.5. The standard InChI is InChI=1S/C8H14O3/c1-7(6-9)4-8(5-7,10-2)11-3/h6H,4-5H2,1-3H3. The number of carbonyl (C=O) groups excluding carboxylic acids is 1. The molecule has 1 saturated carbocycles. The predicted octanol–water partition coefficient (Wildman–Crippen LogP) is 0.975. The highest BCUT2D eigenvalue weighted by molar-refractivity contribution is 5.61. The maximum Gasteiger partial charge on any atom is 0.169 e. The van der Waals surface area contributed by atoms with Crippen molar-refractivity contribution in [1.82, 2.24) is 0 Å². The van der Waals surface area contributed by atoms with E-state index in [4.69, 9.17) is 9.47 Å². The first kappa shape index (κ1) is 8.68. The molecule has 1 aliphatic rings. The van der Waals surface area contributed by atoms with Gasteiger partial charge < -0.3 is 14.3 Å². The van der Waals surface area contributed by atoms with E-state index in [1.165, 1.54) is 0 Å². The molecule has 0 radical (unpaired) electrons. The van der Waals surface area contributed by atoms with Crippen molar-refractivity contribution >= 4 is 6.29 Å². The summed E-state index contributed by atoms with van der Waals surface area (Å²) >= 11 is 0. The molecule has 0 N–H and O–H groups in total. The second kappa shape index (κ2) is 2.57. The van der Waals surface area contributed by atoms with Gasteiger partial charge in [-0.05, 0) is 0 Å². The minimum atomic E-state index is -0.490. The molecule has 0 amide bonds. The summed E-state index contributed by atoms with van der Waals surface area (Å²) in [6.07, 6.45) is 2.30. The van der Waals surface area contributed by atoms with Crippen LogP contribution in [0.2, 0.25) is 0 Å². The fraction of sp³-hybridized carbons (Fsp3) is 0.875. The van der Waals surface area contributed by atoms with Gasteiger partial charge in [-0.15, -0.1) is 0 Å². The van der Waals surface area contributed by atoms with Crippen LogP contribution in [0.15, 0.2) is 0 Å². The smallest absolute Gasteiger partial charge is 0.169 e. The molecule has 0 heterocycles. The minimum Gasteiger partial charge on any atom is -0.353 e. The van der Waals surface area contributed by atoms with E-state index in [0.29, 0.717) is 12.8 Å².